The van der Waals surface area contributed by atoms with Crippen molar-refractivity contribution in [3.63, 3.8) is 0 Å². The maximum absolute atomic E-state index is 5.86. The van der Waals surface area contributed by atoms with E-state index in [0.717, 1.165) is 43.0 Å². The fourth-order valence-corrected chi connectivity index (χ4v) is 2.47. The van der Waals surface area contributed by atoms with Gasteiger partial charge in [-0.15, -0.1) is 0 Å². The molecule has 20 heavy (non-hydrogen) atoms. The molecule has 0 fully saturated rings. The molecule has 4 nitrogen and oxygen atoms in total. The van der Waals surface area contributed by atoms with E-state index in [1.807, 2.05) is 24.4 Å². The van der Waals surface area contributed by atoms with Crippen molar-refractivity contribution in [3.8, 4) is 5.75 Å². The average molecular weight is 291 g/mol. The molecule has 1 aromatic heterocycles. The van der Waals surface area contributed by atoms with E-state index in [4.69, 9.17) is 4.74 Å². The summed E-state index contributed by atoms with van der Waals surface area (Å²) in [6.07, 6.45) is 3.90. The summed E-state index contributed by atoms with van der Waals surface area (Å²) in [5, 5.41) is 3.53. The lowest BCUT2D eigenvalue weighted by Gasteiger charge is -2.20. The summed E-state index contributed by atoms with van der Waals surface area (Å²) in [4.78, 5) is 0. The maximum Gasteiger partial charge on any atom is 0.124 e. The Kier molecular flexibility index (Phi) is 5.95. The van der Waals surface area contributed by atoms with E-state index in [-0.39, 0.29) is 6.04 Å². The second-order valence-electron chi connectivity index (χ2n) is 4.61. The molecule has 5 heteroatoms. The molecule has 0 saturated heterocycles. The van der Waals surface area contributed by atoms with Crippen molar-refractivity contribution >= 4 is 11.7 Å². The predicted molar refractivity (Wildman–Crippen MR) is 82.3 cm³/mol. The number of nitrogens with zero attached hydrogens (tertiary/aromatic N) is 2. The summed E-state index contributed by atoms with van der Waals surface area (Å²) in [5.74, 6) is 0.927. The van der Waals surface area contributed by atoms with Crippen molar-refractivity contribution in [2.45, 2.75) is 32.7 Å². The van der Waals surface area contributed by atoms with Crippen molar-refractivity contribution in [2.75, 3.05) is 13.2 Å². The van der Waals surface area contributed by atoms with Crippen LogP contribution in [0.1, 0.15) is 44.0 Å². The highest BCUT2D eigenvalue weighted by atomic mass is 32.1. The number of rotatable bonds is 8. The van der Waals surface area contributed by atoms with Gasteiger partial charge in [-0.1, -0.05) is 32.0 Å². The fourth-order valence-electron chi connectivity index (χ4n) is 2.02. The third kappa shape index (κ3) is 3.77. The van der Waals surface area contributed by atoms with Crippen LogP contribution < -0.4 is 10.1 Å². The van der Waals surface area contributed by atoms with Gasteiger partial charge in [0.15, 0.2) is 0 Å². The molecule has 1 N–H and O–H groups in total. The summed E-state index contributed by atoms with van der Waals surface area (Å²) < 4.78 is 14.4. The van der Waals surface area contributed by atoms with Gasteiger partial charge < -0.3 is 10.1 Å². The minimum Gasteiger partial charge on any atom is -0.493 e. The van der Waals surface area contributed by atoms with Crippen molar-refractivity contribution < 1.29 is 4.74 Å². The van der Waals surface area contributed by atoms with Gasteiger partial charge >= 0.3 is 0 Å². The zero-order chi connectivity index (χ0) is 14.2. The average Bonchev–Trinajstić information content (AvgIpc) is 3.01. The van der Waals surface area contributed by atoms with Crippen LogP contribution in [0.25, 0.3) is 0 Å². The van der Waals surface area contributed by atoms with E-state index in [0.29, 0.717) is 0 Å². The molecular weight excluding hydrogens is 270 g/mol. The summed E-state index contributed by atoms with van der Waals surface area (Å²) in [7, 11) is 0. The van der Waals surface area contributed by atoms with E-state index in [1.165, 1.54) is 11.7 Å². The lowest BCUT2D eigenvalue weighted by atomic mass is 10.0. The largest absolute Gasteiger partial charge is 0.493 e. The summed E-state index contributed by atoms with van der Waals surface area (Å²) in [5.41, 5.74) is 2.08. The van der Waals surface area contributed by atoms with Gasteiger partial charge in [0.05, 0.1) is 36.3 Å². The molecule has 0 saturated carbocycles. The standard InChI is InChI=1S/C15H21N3OS/c1-3-9-16-15(13-11-17-20-18-13)12-7-5-6-8-14(12)19-10-4-2/h5-8,11,15-16H,3-4,9-10H2,1-2H3. The SMILES string of the molecule is CCCNC(c1cnsn1)c1ccccc1OCCC. The van der Waals surface area contributed by atoms with Gasteiger partial charge in [-0.3, -0.25) is 0 Å². The molecule has 2 rings (SSSR count). The van der Waals surface area contributed by atoms with E-state index >= 15 is 0 Å². The molecular formula is C15H21N3OS. The smallest absolute Gasteiger partial charge is 0.124 e. The van der Waals surface area contributed by atoms with Gasteiger partial charge in [-0.2, -0.15) is 8.75 Å². The maximum atomic E-state index is 5.86. The number of para-hydroxylation sites is 1. The fraction of sp³-hybridized carbons (Fsp3) is 0.467. The lowest BCUT2D eigenvalue weighted by Crippen LogP contribution is -2.24. The molecule has 1 aromatic carbocycles. The number of hydrogen-bond acceptors (Lipinski definition) is 5. The lowest BCUT2D eigenvalue weighted by molar-refractivity contribution is 0.311. The van der Waals surface area contributed by atoms with Crippen LogP contribution in [0.3, 0.4) is 0 Å². The van der Waals surface area contributed by atoms with Gasteiger partial charge in [-0.25, -0.2) is 0 Å². The molecule has 0 radical (unpaired) electrons. The Morgan fingerprint density at radius 3 is 2.80 bits per heavy atom. The molecule has 108 valence electrons. The first kappa shape index (κ1) is 14.9. The van der Waals surface area contributed by atoms with Crippen LogP contribution in [0, 0.1) is 0 Å². The number of nitrogens with one attached hydrogen (secondary N) is 1. The second-order valence-corrected chi connectivity index (χ2v) is 5.16. The molecule has 2 aromatic rings. The first-order valence-corrected chi connectivity index (χ1v) is 7.82. The third-order valence-corrected chi connectivity index (χ3v) is 3.46. The van der Waals surface area contributed by atoms with Crippen LogP contribution in [0.15, 0.2) is 30.5 Å². The van der Waals surface area contributed by atoms with E-state index in [9.17, 15) is 0 Å². The van der Waals surface area contributed by atoms with Gasteiger partial charge in [0.2, 0.25) is 0 Å². The Morgan fingerprint density at radius 2 is 2.10 bits per heavy atom. The highest BCUT2D eigenvalue weighted by molar-refractivity contribution is 6.99. The van der Waals surface area contributed by atoms with Gasteiger partial charge in [0.25, 0.3) is 0 Å². The molecule has 0 aliphatic heterocycles. The predicted octanol–water partition coefficient (Wildman–Crippen LogP) is 3.42. The van der Waals surface area contributed by atoms with Crippen LogP contribution in [0.2, 0.25) is 0 Å². The zero-order valence-electron chi connectivity index (χ0n) is 12.0. The number of hydrogen-bond donors (Lipinski definition) is 1. The molecule has 0 aliphatic carbocycles. The van der Waals surface area contributed by atoms with Gasteiger partial charge in [-0.05, 0) is 25.5 Å². The minimum atomic E-state index is 0.0433. The summed E-state index contributed by atoms with van der Waals surface area (Å²) in [6.45, 7) is 5.93. The summed E-state index contributed by atoms with van der Waals surface area (Å²) >= 11 is 1.24. The molecule has 1 heterocycles. The van der Waals surface area contributed by atoms with Gasteiger partial charge in [0, 0.05) is 5.56 Å². The molecule has 1 atom stereocenters. The summed E-state index contributed by atoms with van der Waals surface area (Å²) in [6, 6.07) is 8.20. The Labute approximate surface area is 124 Å². The Balaban J connectivity index is 2.28. The van der Waals surface area contributed by atoms with Crippen molar-refractivity contribution in [1.29, 1.82) is 0 Å². The van der Waals surface area contributed by atoms with Crippen LogP contribution >= 0.6 is 11.7 Å². The van der Waals surface area contributed by atoms with Crippen LogP contribution in [-0.4, -0.2) is 21.9 Å². The van der Waals surface area contributed by atoms with Crippen molar-refractivity contribution in [3.05, 3.63) is 41.7 Å². The molecule has 0 spiro atoms. The number of ether oxygens (including phenoxy) is 1. The highest BCUT2D eigenvalue weighted by Gasteiger charge is 2.19. The van der Waals surface area contributed by atoms with E-state index in [2.05, 4.69) is 34.0 Å². The third-order valence-electron chi connectivity index (χ3n) is 2.96. The van der Waals surface area contributed by atoms with Crippen LogP contribution in [-0.2, 0) is 0 Å². The Morgan fingerprint density at radius 1 is 1.25 bits per heavy atom. The van der Waals surface area contributed by atoms with Crippen LogP contribution in [0.5, 0.6) is 5.75 Å². The monoisotopic (exact) mass is 291 g/mol. The minimum absolute atomic E-state index is 0.0433. The normalized spacial score (nSPS) is 12.3. The van der Waals surface area contributed by atoms with Crippen LogP contribution in [0.4, 0.5) is 0 Å². The first-order chi connectivity index (χ1) is 9.86. The highest BCUT2D eigenvalue weighted by Crippen LogP contribution is 2.29. The topological polar surface area (TPSA) is 47.0 Å². The molecule has 1 unspecified atom stereocenters. The Hall–Kier alpha value is -1.46. The van der Waals surface area contributed by atoms with E-state index < -0.39 is 0 Å². The van der Waals surface area contributed by atoms with Gasteiger partial charge in [0.1, 0.15) is 5.75 Å². The molecule has 0 aliphatic rings. The van der Waals surface area contributed by atoms with Crippen molar-refractivity contribution in [2.24, 2.45) is 0 Å². The Bertz CT molecular complexity index is 502. The zero-order valence-corrected chi connectivity index (χ0v) is 12.8. The first-order valence-electron chi connectivity index (χ1n) is 7.09. The molecule has 0 bridgehead atoms. The quantitative estimate of drug-likeness (QED) is 0.809. The molecule has 0 amide bonds. The number of aromatic nitrogens is 2. The second kappa shape index (κ2) is 7.97. The van der Waals surface area contributed by atoms with E-state index in [1.54, 1.807) is 0 Å². The van der Waals surface area contributed by atoms with Crippen molar-refractivity contribution in [1.82, 2.24) is 14.1 Å². The number of benzene rings is 1.